The summed E-state index contributed by atoms with van der Waals surface area (Å²) in [6.07, 6.45) is 3.59. The number of nitrogen functional groups attached to an aromatic ring is 1. The molecule has 1 amide bonds. The summed E-state index contributed by atoms with van der Waals surface area (Å²) in [5, 5.41) is 12.2. The number of aromatic hydroxyl groups is 1. The van der Waals surface area contributed by atoms with E-state index in [2.05, 4.69) is 5.32 Å². The lowest BCUT2D eigenvalue weighted by atomic mass is 10.2. The van der Waals surface area contributed by atoms with Crippen molar-refractivity contribution in [2.75, 3.05) is 11.1 Å². The summed E-state index contributed by atoms with van der Waals surface area (Å²) < 4.78 is 1.74. The van der Waals surface area contributed by atoms with Crippen molar-refractivity contribution < 1.29 is 14.5 Å². The highest BCUT2D eigenvalue weighted by atomic mass is 16.3. The van der Waals surface area contributed by atoms with Gasteiger partial charge in [-0.05, 0) is 12.1 Å². The molecule has 0 radical (unpaired) electrons. The Morgan fingerprint density at radius 2 is 2.00 bits per heavy atom. The number of anilines is 2. The Morgan fingerprint density at radius 3 is 2.67 bits per heavy atom. The van der Waals surface area contributed by atoms with Crippen LogP contribution in [0, 0.1) is 0 Å². The van der Waals surface area contributed by atoms with Crippen molar-refractivity contribution in [2.24, 2.45) is 0 Å². The van der Waals surface area contributed by atoms with Crippen LogP contribution in [-0.2, 0) is 11.3 Å². The molecule has 92 valence electrons. The molecule has 18 heavy (non-hydrogen) atoms. The van der Waals surface area contributed by atoms with E-state index in [1.807, 2.05) is 18.2 Å². The van der Waals surface area contributed by atoms with Crippen molar-refractivity contribution in [1.82, 2.24) is 0 Å². The van der Waals surface area contributed by atoms with Gasteiger partial charge in [-0.1, -0.05) is 6.07 Å². The predicted octanol–water partition coefficient (Wildman–Crippen LogP) is 0.901. The van der Waals surface area contributed by atoms with Gasteiger partial charge in [-0.25, -0.2) is 0 Å². The molecular weight excluding hydrogens is 230 g/mol. The first kappa shape index (κ1) is 11.9. The van der Waals surface area contributed by atoms with Gasteiger partial charge < -0.3 is 16.2 Å². The van der Waals surface area contributed by atoms with Gasteiger partial charge in [-0.3, -0.25) is 4.79 Å². The third kappa shape index (κ3) is 2.98. The van der Waals surface area contributed by atoms with Crippen LogP contribution in [0.3, 0.4) is 0 Å². The van der Waals surface area contributed by atoms with E-state index in [1.54, 1.807) is 29.1 Å². The Bertz CT molecular complexity index is 555. The first-order valence-electron chi connectivity index (χ1n) is 5.47. The Balaban J connectivity index is 2.03. The van der Waals surface area contributed by atoms with E-state index < -0.39 is 0 Å². The zero-order chi connectivity index (χ0) is 13.0. The molecule has 2 rings (SSSR count). The van der Waals surface area contributed by atoms with Crippen molar-refractivity contribution in [3.05, 3.63) is 48.8 Å². The van der Waals surface area contributed by atoms with E-state index in [9.17, 15) is 9.90 Å². The molecule has 0 saturated heterocycles. The van der Waals surface area contributed by atoms with Crippen LogP contribution >= 0.6 is 0 Å². The number of nitrogens with two attached hydrogens (primary N) is 1. The van der Waals surface area contributed by atoms with Crippen molar-refractivity contribution in [3.8, 4) is 5.75 Å². The minimum Gasteiger partial charge on any atom is -0.506 e. The largest absolute Gasteiger partial charge is 0.506 e. The highest BCUT2D eigenvalue weighted by Crippen LogP contribution is 2.24. The Kier molecular flexibility index (Phi) is 3.43. The second-order valence-electron chi connectivity index (χ2n) is 3.87. The number of carbonyl (C=O) groups excluding carboxylic acids is 1. The lowest BCUT2D eigenvalue weighted by Gasteiger charge is -2.06. The minimum atomic E-state index is -0.216. The van der Waals surface area contributed by atoms with Crippen LogP contribution in [0.4, 0.5) is 11.4 Å². The first-order chi connectivity index (χ1) is 8.65. The number of benzene rings is 1. The fourth-order valence-corrected chi connectivity index (χ4v) is 1.55. The molecular formula is C13H14N3O2+. The first-order valence-corrected chi connectivity index (χ1v) is 5.47. The number of carbonyl (C=O) groups is 1. The molecule has 2 aromatic rings. The van der Waals surface area contributed by atoms with Crippen molar-refractivity contribution in [2.45, 2.75) is 6.54 Å². The molecule has 0 unspecified atom stereocenters. The molecule has 1 aromatic heterocycles. The van der Waals surface area contributed by atoms with E-state index in [1.165, 1.54) is 6.07 Å². The third-order valence-corrected chi connectivity index (χ3v) is 2.40. The van der Waals surface area contributed by atoms with E-state index in [-0.39, 0.29) is 18.2 Å². The van der Waals surface area contributed by atoms with E-state index in [4.69, 9.17) is 5.73 Å². The van der Waals surface area contributed by atoms with Crippen LogP contribution in [0.1, 0.15) is 0 Å². The van der Waals surface area contributed by atoms with Crippen LogP contribution in [0.15, 0.2) is 48.8 Å². The molecule has 1 heterocycles. The predicted molar refractivity (Wildman–Crippen MR) is 67.8 cm³/mol. The Labute approximate surface area is 104 Å². The van der Waals surface area contributed by atoms with Gasteiger partial charge in [0.1, 0.15) is 5.75 Å². The third-order valence-electron chi connectivity index (χ3n) is 2.40. The summed E-state index contributed by atoms with van der Waals surface area (Å²) in [6, 6.07) is 10.1. The van der Waals surface area contributed by atoms with Gasteiger partial charge >= 0.3 is 0 Å². The Morgan fingerprint density at radius 1 is 1.28 bits per heavy atom. The van der Waals surface area contributed by atoms with Crippen LogP contribution < -0.4 is 15.6 Å². The van der Waals surface area contributed by atoms with E-state index >= 15 is 0 Å². The number of phenolic OH excluding ortho intramolecular Hbond substituents is 1. The maximum absolute atomic E-state index is 11.7. The number of aromatic nitrogens is 1. The zero-order valence-corrected chi connectivity index (χ0v) is 9.71. The summed E-state index contributed by atoms with van der Waals surface area (Å²) >= 11 is 0. The molecule has 0 saturated carbocycles. The van der Waals surface area contributed by atoms with Crippen LogP contribution in [-0.4, -0.2) is 11.0 Å². The maximum atomic E-state index is 11.7. The standard InChI is InChI=1S/C13H13N3O2/c14-10-4-5-11(12(17)8-10)15-13(18)9-16-6-2-1-3-7-16/h1-8H,9,14H2,(H-,15,17,18)/p+1. The van der Waals surface area contributed by atoms with Crippen molar-refractivity contribution >= 4 is 17.3 Å². The number of amides is 1. The van der Waals surface area contributed by atoms with E-state index in [0.717, 1.165) is 0 Å². The molecule has 5 heteroatoms. The summed E-state index contributed by atoms with van der Waals surface area (Å²) in [4.78, 5) is 11.7. The number of pyridine rings is 1. The van der Waals surface area contributed by atoms with E-state index in [0.29, 0.717) is 11.4 Å². The summed E-state index contributed by atoms with van der Waals surface area (Å²) in [5.74, 6) is -0.257. The number of hydrogen-bond acceptors (Lipinski definition) is 3. The quantitative estimate of drug-likeness (QED) is 0.426. The van der Waals surface area contributed by atoms with Crippen LogP contribution in [0.25, 0.3) is 0 Å². The highest BCUT2D eigenvalue weighted by Gasteiger charge is 2.10. The molecule has 0 atom stereocenters. The van der Waals surface area contributed by atoms with Crippen LogP contribution in [0.2, 0.25) is 0 Å². The minimum absolute atomic E-state index is 0.0404. The summed E-state index contributed by atoms with van der Waals surface area (Å²) in [6.45, 7) is 0.185. The highest BCUT2D eigenvalue weighted by molar-refractivity contribution is 5.91. The molecule has 0 bridgehead atoms. The van der Waals surface area contributed by atoms with Crippen molar-refractivity contribution in [1.29, 1.82) is 0 Å². The fourth-order valence-electron chi connectivity index (χ4n) is 1.55. The number of nitrogens with one attached hydrogen (secondary N) is 1. The molecule has 0 aliphatic rings. The van der Waals surface area contributed by atoms with Gasteiger partial charge in [0.25, 0.3) is 5.91 Å². The maximum Gasteiger partial charge on any atom is 0.290 e. The topological polar surface area (TPSA) is 79.2 Å². The molecule has 5 nitrogen and oxygen atoms in total. The van der Waals surface area contributed by atoms with Gasteiger partial charge in [-0.2, -0.15) is 4.57 Å². The van der Waals surface area contributed by atoms with Gasteiger partial charge in [0, 0.05) is 23.9 Å². The van der Waals surface area contributed by atoms with Gasteiger partial charge in [0.15, 0.2) is 12.4 Å². The average Bonchev–Trinajstić information content (AvgIpc) is 2.34. The molecule has 0 fully saturated rings. The van der Waals surface area contributed by atoms with Gasteiger partial charge in [0.2, 0.25) is 6.54 Å². The number of phenols is 1. The van der Waals surface area contributed by atoms with Gasteiger partial charge in [0.05, 0.1) is 5.69 Å². The number of nitrogens with zero attached hydrogens (tertiary/aromatic N) is 1. The Hall–Kier alpha value is -2.56. The fraction of sp³-hybridized carbons (Fsp3) is 0.0769. The lowest BCUT2D eigenvalue weighted by molar-refractivity contribution is -0.684. The summed E-state index contributed by atoms with van der Waals surface area (Å²) in [7, 11) is 0. The molecule has 0 aliphatic carbocycles. The molecule has 1 aromatic carbocycles. The average molecular weight is 244 g/mol. The lowest BCUT2D eigenvalue weighted by Crippen LogP contribution is -2.39. The van der Waals surface area contributed by atoms with Crippen LogP contribution in [0.5, 0.6) is 5.75 Å². The monoisotopic (exact) mass is 244 g/mol. The molecule has 0 spiro atoms. The van der Waals surface area contributed by atoms with Crippen molar-refractivity contribution in [3.63, 3.8) is 0 Å². The smallest absolute Gasteiger partial charge is 0.290 e. The SMILES string of the molecule is Nc1ccc(NC(=O)C[n+]2ccccc2)c(O)c1. The van der Waals surface area contributed by atoms with Gasteiger partial charge in [-0.15, -0.1) is 0 Å². The normalized spacial score (nSPS) is 10.0. The number of hydrogen-bond donors (Lipinski definition) is 3. The second-order valence-corrected chi connectivity index (χ2v) is 3.87. The zero-order valence-electron chi connectivity index (χ0n) is 9.71. The second kappa shape index (κ2) is 5.18. The molecule has 4 N–H and O–H groups in total. The summed E-state index contributed by atoms with van der Waals surface area (Å²) in [5.41, 5.74) is 6.30. The molecule has 0 aliphatic heterocycles. The number of rotatable bonds is 3.